The van der Waals surface area contributed by atoms with Crippen molar-refractivity contribution in [2.45, 2.75) is 12.6 Å². The molecule has 1 saturated heterocycles. The molecule has 4 rings (SSSR count). The Morgan fingerprint density at radius 1 is 1.24 bits per heavy atom. The molecular weight excluding hydrogens is 439 g/mol. The van der Waals surface area contributed by atoms with Gasteiger partial charge in [0.2, 0.25) is 0 Å². The molecule has 11 heteroatoms. The molecule has 176 valence electrons. The van der Waals surface area contributed by atoms with Crippen LogP contribution in [0.25, 0.3) is 16.9 Å². The Bertz CT molecular complexity index is 1130. The Balaban J connectivity index is 1.58. The fraction of sp³-hybridized carbons (Fsp3) is 0.409. The molecule has 1 fully saturated rings. The number of nitrogens with zero attached hydrogens (tertiary/aromatic N) is 4. The third kappa shape index (κ3) is 5.25. The molecule has 33 heavy (non-hydrogen) atoms. The number of ether oxygens (including phenoxy) is 2. The predicted octanol–water partition coefficient (Wildman–Crippen LogP) is 2.88. The van der Waals surface area contributed by atoms with Crippen LogP contribution in [-0.2, 0) is 10.9 Å². The van der Waals surface area contributed by atoms with Crippen LogP contribution in [-0.4, -0.2) is 71.9 Å². The largest absolute Gasteiger partial charge is 0.497 e. The molecule has 0 bridgehead atoms. The second-order valence-electron chi connectivity index (χ2n) is 7.61. The fourth-order valence-electron chi connectivity index (χ4n) is 3.68. The first-order valence-electron chi connectivity index (χ1n) is 10.6. The van der Waals surface area contributed by atoms with Gasteiger partial charge in [-0.3, -0.25) is 9.69 Å². The third-order valence-electron chi connectivity index (χ3n) is 5.41. The highest BCUT2D eigenvalue weighted by molar-refractivity contribution is 5.99. The summed E-state index contributed by atoms with van der Waals surface area (Å²) in [7, 11) is 1.47. The average Bonchev–Trinajstić information content (AvgIpc) is 3.25. The Kier molecular flexibility index (Phi) is 6.80. The standard InChI is InChI=1S/C22H24F3N5O3/c1-32-16-5-2-4-15(12-16)18-13-19(22(23,24)25)30-20(28-18)17(14-27-30)21(31)26-6-3-7-29-8-10-33-11-9-29/h2,4-5,12-14H,3,6-11H2,1H3,(H,26,31). The Morgan fingerprint density at radius 2 is 2.03 bits per heavy atom. The van der Waals surface area contributed by atoms with Gasteiger partial charge < -0.3 is 14.8 Å². The molecule has 0 saturated carbocycles. The summed E-state index contributed by atoms with van der Waals surface area (Å²) in [6.07, 6.45) is -2.86. The molecule has 1 aliphatic rings. The van der Waals surface area contributed by atoms with E-state index in [9.17, 15) is 18.0 Å². The minimum atomic E-state index is -4.69. The molecule has 3 heterocycles. The van der Waals surface area contributed by atoms with Gasteiger partial charge in [-0.15, -0.1) is 0 Å². The first-order valence-corrected chi connectivity index (χ1v) is 10.6. The number of carbonyl (C=O) groups excluding carboxylic acids is 1. The van der Waals surface area contributed by atoms with E-state index in [1.807, 2.05) is 0 Å². The highest BCUT2D eigenvalue weighted by atomic mass is 19.4. The van der Waals surface area contributed by atoms with Crippen molar-refractivity contribution in [3.8, 4) is 17.0 Å². The van der Waals surface area contributed by atoms with Crippen LogP contribution in [0.15, 0.2) is 36.5 Å². The molecule has 8 nitrogen and oxygen atoms in total. The number of benzene rings is 1. The molecule has 0 radical (unpaired) electrons. The normalized spacial score (nSPS) is 15.0. The lowest BCUT2D eigenvalue weighted by Gasteiger charge is -2.26. The minimum absolute atomic E-state index is 0.0170. The number of carbonyl (C=O) groups is 1. The van der Waals surface area contributed by atoms with Crippen molar-refractivity contribution in [3.05, 3.63) is 47.8 Å². The summed E-state index contributed by atoms with van der Waals surface area (Å²) >= 11 is 0. The van der Waals surface area contributed by atoms with Gasteiger partial charge in [0, 0.05) is 25.2 Å². The third-order valence-corrected chi connectivity index (χ3v) is 5.41. The van der Waals surface area contributed by atoms with E-state index in [-0.39, 0.29) is 16.9 Å². The summed E-state index contributed by atoms with van der Waals surface area (Å²) in [4.78, 5) is 19.3. The number of nitrogens with one attached hydrogen (secondary N) is 1. The van der Waals surface area contributed by atoms with Crippen LogP contribution in [0, 0.1) is 0 Å². The lowest BCUT2D eigenvalue weighted by Crippen LogP contribution is -2.38. The van der Waals surface area contributed by atoms with Crippen molar-refractivity contribution in [3.63, 3.8) is 0 Å². The molecule has 3 aromatic rings. The summed E-state index contributed by atoms with van der Waals surface area (Å²) in [6, 6.07) is 7.47. The van der Waals surface area contributed by atoms with Crippen molar-refractivity contribution in [1.82, 2.24) is 24.8 Å². The summed E-state index contributed by atoms with van der Waals surface area (Å²) in [5, 5.41) is 6.56. The maximum Gasteiger partial charge on any atom is 0.433 e. The monoisotopic (exact) mass is 463 g/mol. The molecule has 1 N–H and O–H groups in total. The van der Waals surface area contributed by atoms with Gasteiger partial charge in [-0.1, -0.05) is 12.1 Å². The number of morpholine rings is 1. The van der Waals surface area contributed by atoms with E-state index in [1.54, 1.807) is 24.3 Å². The van der Waals surface area contributed by atoms with Crippen LogP contribution in [0.5, 0.6) is 5.75 Å². The molecule has 0 atom stereocenters. The van der Waals surface area contributed by atoms with Crippen molar-refractivity contribution in [2.24, 2.45) is 0 Å². The Labute approximate surface area is 188 Å². The number of aromatic nitrogens is 3. The summed E-state index contributed by atoms with van der Waals surface area (Å²) < 4.78 is 52.4. The van der Waals surface area contributed by atoms with Crippen LogP contribution in [0.1, 0.15) is 22.5 Å². The second kappa shape index (κ2) is 9.75. The van der Waals surface area contributed by atoms with Gasteiger partial charge in [-0.05, 0) is 31.2 Å². The van der Waals surface area contributed by atoms with Crippen molar-refractivity contribution in [2.75, 3.05) is 46.5 Å². The fourth-order valence-corrected chi connectivity index (χ4v) is 3.68. The highest BCUT2D eigenvalue weighted by Gasteiger charge is 2.36. The number of methoxy groups -OCH3 is 1. The van der Waals surface area contributed by atoms with E-state index in [2.05, 4.69) is 20.3 Å². The number of hydrogen-bond donors (Lipinski definition) is 1. The predicted molar refractivity (Wildman–Crippen MR) is 114 cm³/mol. The number of alkyl halides is 3. The van der Waals surface area contributed by atoms with E-state index in [4.69, 9.17) is 9.47 Å². The van der Waals surface area contributed by atoms with E-state index in [1.165, 1.54) is 7.11 Å². The van der Waals surface area contributed by atoms with Crippen LogP contribution >= 0.6 is 0 Å². The molecule has 1 aliphatic heterocycles. The molecule has 0 unspecified atom stereocenters. The number of hydrogen-bond acceptors (Lipinski definition) is 6. The van der Waals surface area contributed by atoms with Gasteiger partial charge in [-0.2, -0.15) is 18.3 Å². The van der Waals surface area contributed by atoms with Crippen LogP contribution < -0.4 is 10.1 Å². The molecule has 1 amide bonds. The quantitative estimate of drug-likeness (QED) is 0.543. The van der Waals surface area contributed by atoms with E-state index < -0.39 is 17.8 Å². The number of amides is 1. The van der Waals surface area contributed by atoms with Crippen molar-refractivity contribution >= 4 is 11.6 Å². The topological polar surface area (TPSA) is 81.0 Å². The number of fused-ring (bicyclic) bond motifs is 1. The van der Waals surface area contributed by atoms with Crippen LogP contribution in [0.3, 0.4) is 0 Å². The smallest absolute Gasteiger partial charge is 0.433 e. The summed E-state index contributed by atoms with van der Waals surface area (Å²) in [5.74, 6) is -0.0372. The molecule has 2 aromatic heterocycles. The number of rotatable bonds is 7. The molecule has 0 spiro atoms. The summed E-state index contributed by atoms with van der Waals surface area (Å²) in [6.45, 7) is 4.26. The van der Waals surface area contributed by atoms with Crippen LogP contribution in [0.2, 0.25) is 0 Å². The first-order chi connectivity index (χ1) is 15.9. The van der Waals surface area contributed by atoms with Gasteiger partial charge >= 0.3 is 6.18 Å². The zero-order valence-corrected chi connectivity index (χ0v) is 18.1. The van der Waals surface area contributed by atoms with Gasteiger partial charge in [0.1, 0.15) is 11.3 Å². The van der Waals surface area contributed by atoms with E-state index in [0.717, 1.165) is 31.9 Å². The van der Waals surface area contributed by atoms with Gasteiger partial charge in [-0.25, -0.2) is 9.50 Å². The lowest BCUT2D eigenvalue weighted by molar-refractivity contribution is -0.142. The maximum absolute atomic E-state index is 13.8. The zero-order valence-electron chi connectivity index (χ0n) is 18.1. The minimum Gasteiger partial charge on any atom is -0.497 e. The zero-order chi connectivity index (χ0) is 23.4. The molecule has 1 aromatic carbocycles. The second-order valence-corrected chi connectivity index (χ2v) is 7.61. The SMILES string of the molecule is COc1cccc(-c2cc(C(F)(F)F)n3ncc(C(=O)NCCCN4CCOCC4)c3n2)c1. The summed E-state index contributed by atoms with van der Waals surface area (Å²) in [5.41, 5.74) is -0.697. The number of halogens is 3. The first kappa shape index (κ1) is 23.0. The van der Waals surface area contributed by atoms with E-state index >= 15 is 0 Å². The molecular formula is C22H24F3N5O3. The molecule has 0 aliphatic carbocycles. The van der Waals surface area contributed by atoms with Crippen LogP contribution in [0.4, 0.5) is 13.2 Å². The van der Waals surface area contributed by atoms with Crippen molar-refractivity contribution in [1.29, 1.82) is 0 Å². The van der Waals surface area contributed by atoms with Gasteiger partial charge in [0.25, 0.3) is 5.91 Å². The Hall–Kier alpha value is -3.18. The maximum atomic E-state index is 13.8. The highest BCUT2D eigenvalue weighted by Crippen LogP contribution is 2.33. The Morgan fingerprint density at radius 3 is 2.76 bits per heavy atom. The van der Waals surface area contributed by atoms with Crippen molar-refractivity contribution < 1.29 is 27.4 Å². The van der Waals surface area contributed by atoms with E-state index in [0.29, 0.717) is 42.0 Å². The lowest BCUT2D eigenvalue weighted by atomic mass is 10.1. The van der Waals surface area contributed by atoms with Gasteiger partial charge in [0.15, 0.2) is 11.3 Å². The average molecular weight is 463 g/mol. The van der Waals surface area contributed by atoms with Gasteiger partial charge in [0.05, 0.1) is 32.2 Å².